The number of aromatic amines is 1. The van der Waals surface area contributed by atoms with Gasteiger partial charge in [0.15, 0.2) is 0 Å². The lowest BCUT2D eigenvalue weighted by Crippen LogP contribution is -2.48. The van der Waals surface area contributed by atoms with Gasteiger partial charge in [0.1, 0.15) is 0 Å². The second kappa shape index (κ2) is 5.61. The maximum Gasteiger partial charge on any atom is 0.240 e. The van der Waals surface area contributed by atoms with E-state index < -0.39 is 0 Å². The van der Waals surface area contributed by atoms with E-state index in [4.69, 9.17) is 0 Å². The number of nitrogens with zero attached hydrogens (tertiary/aromatic N) is 2. The van der Waals surface area contributed by atoms with Gasteiger partial charge < -0.3 is 9.88 Å². The van der Waals surface area contributed by atoms with Crippen LogP contribution in [0.1, 0.15) is 34.1 Å². The summed E-state index contributed by atoms with van der Waals surface area (Å²) in [5.74, 6) is 0.127. The Balaban J connectivity index is 1.70. The van der Waals surface area contributed by atoms with Gasteiger partial charge in [0.2, 0.25) is 5.91 Å². The molecule has 3 heterocycles. The number of nitrogens with one attached hydrogen (secondary N) is 2. The zero-order valence-corrected chi connectivity index (χ0v) is 13.3. The highest BCUT2D eigenvalue weighted by Gasteiger charge is 2.30. The van der Waals surface area contributed by atoms with Gasteiger partial charge in [-0.2, -0.15) is 0 Å². The molecular formula is C15H20N4OS. The van der Waals surface area contributed by atoms with Crippen LogP contribution in [0.2, 0.25) is 0 Å². The number of likely N-dealkylation sites (N-methyl/N-ethyl adjacent to an activating group) is 1. The van der Waals surface area contributed by atoms with Crippen LogP contribution in [0.4, 0.5) is 0 Å². The van der Waals surface area contributed by atoms with Crippen molar-refractivity contribution in [1.82, 2.24) is 20.2 Å². The van der Waals surface area contributed by atoms with Crippen molar-refractivity contribution >= 4 is 17.2 Å². The molecule has 0 radical (unpaired) electrons. The first-order valence-electron chi connectivity index (χ1n) is 7.13. The second-order valence-corrected chi connectivity index (χ2v) is 6.86. The van der Waals surface area contributed by atoms with Crippen LogP contribution >= 0.6 is 11.3 Å². The minimum atomic E-state index is -0.186. The van der Waals surface area contributed by atoms with Gasteiger partial charge >= 0.3 is 0 Å². The first-order chi connectivity index (χ1) is 10.1. The third kappa shape index (κ3) is 2.73. The molecule has 0 spiro atoms. The Morgan fingerprint density at radius 3 is 3.05 bits per heavy atom. The van der Waals surface area contributed by atoms with Crippen molar-refractivity contribution in [2.75, 3.05) is 7.05 Å². The van der Waals surface area contributed by atoms with E-state index in [9.17, 15) is 4.79 Å². The monoisotopic (exact) mass is 304 g/mol. The summed E-state index contributed by atoms with van der Waals surface area (Å²) in [6, 6.07) is 4.12. The number of imidazole rings is 1. The van der Waals surface area contributed by atoms with Crippen LogP contribution in [-0.4, -0.2) is 33.9 Å². The molecule has 0 fully saturated rings. The number of aromatic nitrogens is 2. The number of aryl methyl sites for hydroxylation is 1. The van der Waals surface area contributed by atoms with Crippen molar-refractivity contribution in [2.24, 2.45) is 0 Å². The second-order valence-electron chi connectivity index (χ2n) is 5.54. The van der Waals surface area contributed by atoms with Gasteiger partial charge in [-0.25, -0.2) is 4.98 Å². The van der Waals surface area contributed by atoms with Crippen molar-refractivity contribution in [2.45, 2.75) is 38.9 Å². The van der Waals surface area contributed by atoms with Crippen molar-refractivity contribution in [3.8, 4) is 0 Å². The number of carbonyl (C=O) groups is 1. The Hall–Kier alpha value is -1.66. The minimum Gasteiger partial charge on any atom is -0.347 e. The lowest BCUT2D eigenvalue weighted by molar-refractivity contribution is -0.134. The molecular weight excluding hydrogens is 284 g/mol. The van der Waals surface area contributed by atoms with Crippen molar-refractivity contribution in [3.63, 3.8) is 0 Å². The Bertz CT molecular complexity index is 648. The number of fused-ring (bicyclic) bond motifs is 1. The zero-order chi connectivity index (χ0) is 15.0. The number of carbonyl (C=O) groups excluding carboxylic acids is 1. The summed E-state index contributed by atoms with van der Waals surface area (Å²) >= 11 is 1.75. The van der Waals surface area contributed by atoms with E-state index in [-0.39, 0.29) is 18.0 Å². The maximum absolute atomic E-state index is 12.7. The predicted molar refractivity (Wildman–Crippen MR) is 83.2 cm³/mol. The quantitative estimate of drug-likeness (QED) is 0.912. The summed E-state index contributed by atoms with van der Waals surface area (Å²) in [5.41, 5.74) is 2.09. The van der Waals surface area contributed by atoms with Gasteiger partial charge in [0.05, 0.1) is 29.8 Å². The Labute approximate surface area is 128 Å². The summed E-state index contributed by atoms with van der Waals surface area (Å²) in [7, 11) is 1.88. The minimum absolute atomic E-state index is 0.0959. The fourth-order valence-corrected chi connectivity index (χ4v) is 3.62. The summed E-state index contributed by atoms with van der Waals surface area (Å²) < 4.78 is 0. The van der Waals surface area contributed by atoms with Crippen molar-refractivity contribution < 1.29 is 4.79 Å². The Morgan fingerprint density at radius 2 is 2.33 bits per heavy atom. The predicted octanol–water partition coefficient (Wildman–Crippen LogP) is 2.01. The highest BCUT2D eigenvalue weighted by Crippen LogP contribution is 2.27. The largest absolute Gasteiger partial charge is 0.347 e. The Morgan fingerprint density at radius 1 is 1.52 bits per heavy atom. The molecule has 3 rings (SSSR count). The SMILES string of the molecule is Cc1ccc(C(C)N(C)C(=O)C2Cc3nc[nH]c3CN2)s1. The summed E-state index contributed by atoms with van der Waals surface area (Å²) in [6.07, 6.45) is 2.35. The lowest BCUT2D eigenvalue weighted by atomic mass is 10.0. The molecule has 2 atom stereocenters. The normalized spacial score (nSPS) is 19.1. The third-order valence-electron chi connectivity index (χ3n) is 4.13. The van der Waals surface area contributed by atoms with E-state index in [2.05, 4.69) is 41.3 Å². The topological polar surface area (TPSA) is 61.0 Å². The summed E-state index contributed by atoms with van der Waals surface area (Å²) in [5, 5.41) is 3.29. The van der Waals surface area contributed by atoms with Crippen LogP contribution in [0, 0.1) is 6.92 Å². The van der Waals surface area contributed by atoms with Crippen LogP contribution in [-0.2, 0) is 17.8 Å². The number of H-pyrrole nitrogens is 1. The number of rotatable bonds is 3. The van der Waals surface area contributed by atoms with E-state index in [0.29, 0.717) is 13.0 Å². The van der Waals surface area contributed by atoms with Crippen LogP contribution in [0.25, 0.3) is 0 Å². The van der Waals surface area contributed by atoms with Gasteiger partial charge in [0, 0.05) is 29.8 Å². The fraction of sp³-hybridized carbons (Fsp3) is 0.467. The van der Waals surface area contributed by atoms with E-state index >= 15 is 0 Å². The zero-order valence-electron chi connectivity index (χ0n) is 12.5. The molecule has 1 aliphatic heterocycles. The maximum atomic E-state index is 12.7. The number of amides is 1. The molecule has 0 aliphatic carbocycles. The molecule has 2 aromatic rings. The molecule has 112 valence electrons. The van der Waals surface area contributed by atoms with Gasteiger partial charge in [0.25, 0.3) is 0 Å². The molecule has 1 aliphatic rings. The average molecular weight is 304 g/mol. The molecule has 2 N–H and O–H groups in total. The molecule has 2 aromatic heterocycles. The molecule has 21 heavy (non-hydrogen) atoms. The molecule has 1 amide bonds. The number of hydrogen-bond acceptors (Lipinski definition) is 4. The first kappa shape index (κ1) is 14.3. The molecule has 0 aromatic carbocycles. The molecule has 0 saturated carbocycles. The van der Waals surface area contributed by atoms with Crippen LogP contribution in [0.15, 0.2) is 18.5 Å². The highest BCUT2D eigenvalue weighted by atomic mass is 32.1. The van der Waals surface area contributed by atoms with E-state index in [1.807, 2.05) is 11.9 Å². The van der Waals surface area contributed by atoms with E-state index in [0.717, 1.165) is 11.4 Å². The smallest absolute Gasteiger partial charge is 0.240 e. The van der Waals surface area contributed by atoms with Gasteiger partial charge in [-0.15, -0.1) is 11.3 Å². The van der Waals surface area contributed by atoms with Gasteiger partial charge in [-0.1, -0.05) is 0 Å². The van der Waals surface area contributed by atoms with Gasteiger partial charge in [-0.05, 0) is 26.0 Å². The first-order valence-corrected chi connectivity index (χ1v) is 7.95. The number of thiophene rings is 1. The molecule has 5 nitrogen and oxygen atoms in total. The van der Waals surface area contributed by atoms with Crippen molar-refractivity contribution in [1.29, 1.82) is 0 Å². The molecule has 6 heteroatoms. The van der Waals surface area contributed by atoms with E-state index in [1.165, 1.54) is 9.75 Å². The average Bonchev–Trinajstić information content (AvgIpc) is 3.12. The van der Waals surface area contributed by atoms with Crippen LogP contribution in [0.3, 0.4) is 0 Å². The summed E-state index contributed by atoms with van der Waals surface area (Å²) in [6.45, 7) is 4.84. The van der Waals surface area contributed by atoms with Crippen LogP contribution < -0.4 is 5.32 Å². The lowest BCUT2D eigenvalue weighted by Gasteiger charge is -2.30. The van der Waals surface area contributed by atoms with Gasteiger partial charge in [-0.3, -0.25) is 10.1 Å². The standard InChI is InChI=1S/C15H20N4OS/c1-9-4-5-14(21-9)10(2)19(3)15(20)12-6-11-13(7-16-12)18-8-17-11/h4-5,8,10,12,16H,6-7H2,1-3H3,(H,17,18). The highest BCUT2D eigenvalue weighted by molar-refractivity contribution is 7.12. The van der Waals surface area contributed by atoms with E-state index in [1.54, 1.807) is 17.7 Å². The molecule has 2 unspecified atom stereocenters. The van der Waals surface area contributed by atoms with Crippen LogP contribution in [0.5, 0.6) is 0 Å². The third-order valence-corrected chi connectivity index (χ3v) is 5.30. The Kier molecular flexibility index (Phi) is 3.82. The molecule has 0 bridgehead atoms. The van der Waals surface area contributed by atoms with Crippen molar-refractivity contribution in [3.05, 3.63) is 39.6 Å². The summed E-state index contributed by atoms with van der Waals surface area (Å²) in [4.78, 5) is 24.4. The fourth-order valence-electron chi connectivity index (χ4n) is 2.65. The molecule has 0 saturated heterocycles. The number of hydrogen-bond donors (Lipinski definition) is 2.